The Morgan fingerprint density at radius 2 is 1.80 bits per heavy atom. The Labute approximate surface area is 94.3 Å². The van der Waals surface area contributed by atoms with Crippen molar-refractivity contribution >= 4 is 18.2 Å². The van der Waals surface area contributed by atoms with Gasteiger partial charge < -0.3 is 10.7 Å². The molecule has 2 rings (SSSR count). The van der Waals surface area contributed by atoms with Crippen LogP contribution in [0.3, 0.4) is 0 Å². The lowest BCUT2D eigenvalue weighted by atomic mass is 10.00. The van der Waals surface area contributed by atoms with Crippen molar-refractivity contribution in [3.8, 4) is 0 Å². The van der Waals surface area contributed by atoms with E-state index in [4.69, 9.17) is 18.0 Å². The number of nitrogens with one attached hydrogen (secondary N) is 1. The van der Waals surface area contributed by atoms with E-state index in [9.17, 15) is 0 Å². The van der Waals surface area contributed by atoms with E-state index in [2.05, 4.69) is 15.0 Å². The normalized spacial score (nSPS) is 18.7. The molecule has 0 radical (unpaired) electrons. The summed E-state index contributed by atoms with van der Waals surface area (Å²) in [5.41, 5.74) is 5.63. The lowest BCUT2D eigenvalue weighted by Gasteiger charge is -2.12. The fourth-order valence-electron chi connectivity index (χ4n) is 2.16. The summed E-state index contributed by atoms with van der Waals surface area (Å²) < 4.78 is 0.352. The second kappa shape index (κ2) is 4.70. The summed E-state index contributed by atoms with van der Waals surface area (Å²) in [5, 5.41) is 0. The van der Waals surface area contributed by atoms with Crippen molar-refractivity contribution in [1.82, 2.24) is 15.0 Å². The van der Waals surface area contributed by atoms with Gasteiger partial charge in [0.15, 0.2) is 0 Å². The third-order valence-electron chi connectivity index (χ3n) is 2.93. The monoisotopic (exact) mass is 224 g/mol. The zero-order valence-corrected chi connectivity index (χ0v) is 9.52. The van der Waals surface area contributed by atoms with Crippen molar-refractivity contribution < 1.29 is 0 Å². The summed E-state index contributed by atoms with van der Waals surface area (Å²) in [4.78, 5) is 11.2. The minimum absolute atomic E-state index is 0.352. The molecule has 82 valence electrons. The van der Waals surface area contributed by atoms with Crippen molar-refractivity contribution in [2.24, 2.45) is 0 Å². The minimum atomic E-state index is 0.352. The molecule has 0 amide bonds. The molecule has 0 atom stereocenters. The van der Waals surface area contributed by atoms with Crippen LogP contribution in [0.2, 0.25) is 0 Å². The first-order chi connectivity index (χ1) is 7.25. The van der Waals surface area contributed by atoms with Gasteiger partial charge in [-0.15, -0.1) is 0 Å². The SMILES string of the molecule is Nc1nc(=S)nc(C2CCCCCC2)[nH]1. The summed E-state index contributed by atoms with van der Waals surface area (Å²) in [5.74, 6) is 1.79. The van der Waals surface area contributed by atoms with Gasteiger partial charge in [0.1, 0.15) is 5.82 Å². The molecule has 1 heterocycles. The van der Waals surface area contributed by atoms with Gasteiger partial charge in [-0.25, -0.2) is 4.98 Å². The van der Waals surface area contributed by atoms with Crippen LogP contribution in [0, 0.1) is 4.77 Å². The molecular weight excluding hydrogens is 208 g/mol. The number of aromatic amines is 1. The highest BCUT2D eigenvalue weighted by molar-refractivity contribution is 7.71. The molecule has 1 aliphatic rings. The molecule has 4 nitrogen and oxygen atoms in total. The van der Waals surface area contributed by atoms with E-state index in [1.54, 1.807) is 0 Å². The average Bonchev–Trinajstić information content (AvgIpc) is 2.43. The van der Waals surface area contributed by atoms with Gasteiger partial charge >= 0.3 is 0 Å². The maximum atomic E-state index is 5.63. The third-order valence-corrected chi connectivity index (χ3v) is 3.11. The van der Waals surface area contributed by atoms with Crippen LogP contribution in [-0.2, 0) is 0 Å². The van der Waals surface area contributed by atoms with Crippen molar-refractivity contribution in [1.29, 1.82) is 0 Å². The summed E-state index contributed by atoms with van der Waals surface area (Å²) >= 11 is 4.97. The fraction of sp³-hybridized carbons (Fsp3) is 0.700. The summed E-state index contributed by atoms with van der Waals surface area (Å²) in [7, 11) is 0. The van der Waals surface area contributed by atoms with Crippen LogP contribution in [-0.4, -0.2) is 15.0 Å². The van der Waals surface area contributed by atoms with Gasteiger partial charge in [0, 0.05) is 5.92 Å². The maximum Gasteiger partial charge on any atom is 0.224 e. The molecular formula is C10H16N4S. The van der Waals surface area contributed by atoms with Crippen LogP contribution in [0.15, 0.2) is 0 Å². The quantitative estimate of drug-likeness (QED) is 0.568. The van der Waals surface area contributed by atoms with E-state index in [0.29, 0.717) is 16.6 Å². The zero-order valence-electron chi connectivity index (χ0n) is 8.70. The molecule has 5 heteroatoms. The summed E-state index contributed by atoms with van der Waals surface area (Å²) in [6, 6.07) is 0. The Morgan fingerprint density at radius 1 is 1.13 bits per heavy atom. The van der Waals surface area contributed by atoms with E-state index < -0.39 is 0 Å². The minimum Gasteiger partial charge on any atom is -0.369 e. The summed E-state index contributed by atoms with van der Waals surface area (Å²) in [6.45, 7) is 0. The molecule has 1 aliphatic carbocycles. The zero-order chi connectivity index (χ0) is 10.7. The lowest BCUT2D eigenvalue weighted by Crippen LogP contribution is -2.08. The molecule has 0 spiro atoms. The molecule has 1 fully saturated rings. The first kappa shape index (κ1) is 10.5. The van der Waals surface area contributed by atoms with Gasteiger partial charge in [0.2, 0.25) is 10.7 Å². The number of H-pyrrole nitrogens is 1. The van der Waals surface area contributed by atoms with Crippen LogP contribution >= 0.6 is 12.2 Å². The highest BCUT2D eigenvalue weighted by Crippen LogP contribution is 2.29. The Balaban J connectivity index is 2.23. The first-order valence-corrected chi connectivity index (χ1v) is 5.90. The number of nitrogen functional groups attached to an aromatic ring is 1. The molecule has 0 unspecified atom stereocenters. The average molecular weight is 224 g/mol. The predicted octanol–water partition coefficient (Wildman–Crippen LogP) is 2.55. The van der Waals surface area contributed by atoms with Gasteiger partial charge in [0.05, 0.1) is 0 Å². The molecule has 15 heavy (non-hydrogen) atoms. The molecule has 3 N–H and O–H groups in total. The molecule has 1 aromatic rings. The van der Waals surface area contributed by atoms with Crippen molar-refractivity contribution in [2.45, 2.75) is 44.4 Å². The second-order valence-electron chi connectivity index (χ2n) is 4.09. The number of nitrogens with two attached hydrogens (primary N) is 1. The van der Waals surface area contributed by atoms with E-state index in [0.717, 1.165) is 5.82 Å². The predicted molar refractivity (Wildman–Crippen MR) is 62.1 cm³/mol. The van der Waals surface area contributed by atoms with E-state index in [-0.39, 0.29) is 0 Å². The van der Waals surface area contributed by atoms with Gasteiger partial charge in [0.25, 0.3) is 0 Å². The van der Waals surface area contributed by atoms with E-state index >= 15 is 0 Å². The molecule has 1 saturated carbocycles. The van der Waals surface area contributed by atoms with Crippen LogP contribution in [0.1, 0.15) is 50.3 Å². The topological polar surface area (TPSA) is 67.6 Å². The van der Waals surface area contributed by atoms with Gasteiger partial charge in [-0.1, -0.05) is 25.7 Å². The number of rotatable bonds is 1. The smallest absolute Gasteiger partial charge is 0.224 e. The van der Waals surface area contributed by atoms with Gasteiger partial charge in [-0.3, -0.25) is 0 Å². The Bertz CT molecular complexity index is 379. The van der Waals surface area contributed by atoms with E-state index in [1.807, 2.05) is 0 Å². The maximum absolute atomic E-state index is 5.63. The largest absolute Gasteiger partial charge is 0.369 e. The van der Waals surface area contributed by atoms with Crippen molar-refractivity contribution in [2.75, 3.05) is 5.73 Å². The van der Waals surface area contributed by atoms with Crippen molar-refractivity contribution in [3.05, 3.63) is 10.6 Å². The number of nitrogens with zero attached hydrogens (tertiary/aromatic N) is 2. The van der Waals surface area contributed by atoms with Crippen LogP contribution in [0.4, 0.5) is 5.95 Å². The van der Waals surface area contributed by atoms with Crippen LogP contribution < -0.4 is 5.73 Å². The standard InChI is InChI=1S/C10H16N4S/c11-9-12-8(13-10(15)14-9)7-5-3-1-2-4-6-7/h7H,1-6H2,(H3,11,12,13,14,15). The number of hydrogen-bond donors (Lipinski definition) is 2. The Hall–Kier alpha value is -0.970. The number of anilines is 1. The number of hydrogen-bond acceptors (Lipinski definition) is 4. The third kappa shape index (κ3) is 2.75. The fourth-order valence-corrected chi connectivity index (χ4v) is 2.36. The van der Waals surface area contributed by atoms with Gasteiger partial charge in [-0.2, -0.15) is 4.98 Å². The first-order valence-electron chi connectivity index (χ1n) is 5.49. The Kier molecular flexibility index (Phi) is 3.30. The van der Waals surface area contributed by atoms with E-state index in [1.165, 1.54) is 38.5 Å². The second-order valence-corrected chi connectivity index (χ2v) is 4.46. The number of aromatic nitrogens is 3. The van der Waals surface area contributed by atoms with Crippen molar-refractivity contribution in [3.63, 3.8) is 0 Å². The molecule has 0 saturated heterocycles. The molecule has 0 aliphatic heterocycles. The van der Waals surface area contributed by atoms with Gasteiger partial charge in [-0.05, 0) is 25.1 Å². The molecule has 0 bridgehead atoms. The van der Waals surface area contributed by atoms with Crippen LogP contribution in [0.25, 0.3) is 0 Å². The van der Waals surface area contributed by atoms with Crippen LogP contribution in [0.5, 0.6) is 0 Å². The highest BCUT2D eigenvalue weighted by Gasteiger charge is 2.16. The summed E-state index contributed by atoms with van der Waals surface area (Å²) in [6.07, 6.45) is 7.57. The molecule has 0 aromatic carbocycles. The highest BCUT2D eigenvalue weighted by atomic mass is 32.1. The Morgan fingerprint density at radius 3 is 2.40 bits per heavy atom. The molecule has 1 aromatic heterocycles. The lowest BCUT2D eigenvalue weighted by molar-refractivity contribution is 0.557.